The Morgan fingerprint density at radius 3 is 2.72 bits per heavy atom. The largest absolute Gasteiger partial charge is 0.389 e. The van der Waals surface area contributed by atoms with E-state index < -0.39 is 5.60 Å². The lowest BCUT2D eigenvalue weighted by molar-refractivity contribution is -0.137. The molecule has 1 aliphatic rings. The van der Waals surface area contributed by atoms with Crippen molar-refractivity contribution in [1.82, 2.24) is 10.2 Å². The van der Waals surface area contributed by atoms with E-state index in [2.05, 4.69) is 12.2 Å². The number of carbonyl (C=O) groups excluding carboxylic acids is 1. The first-order chi connectivity index (χ1) is 8.35. The summed E-state index contributed by atoms with van der Waals surface area (Å²) in [4.78, 5) is 13.9. The van der Waals surface area contributed by atoms with Crippen molar-refractivity contribution < 1.29 is 14.6 Å². The second-order valence-electron chi connectivity index (χ2n) is 5.71. The molecule has 0 aromatic rings. The summed E-state index contributed by atoms with van der Waals surface area (Å²) in [6.45, 7) is 7.79. The van der Waals surface area contributed by atoms with E-state index in [1.807, 2.05) is 0 Å². The highest BCUT2D eigenvalue weighted by Crippen LogP contribution is 2.17. The third kappa shape index (κ3) is 4.55. The lowest BCUT2D eigenvalue weighted by Crippen LogP contribution is -2.48. The van der Waals surface area contributed by atoms with Crippen LogP contribution in [0.15, 0.2) is 0 Å². The highest BCUT2D eigenvalue weighted by atomic mass is 16.5. The van der Waals surface area contributed by atoms with Gasteiger partial charge in [-0.1, -0.05) is 6.92 Å². The maximum atomic E-state index is 12.3. The third-order valence-corrected chi connectivity index (χ3v) is 3.05. The van der Waals surface area contributed by atoms with Gasteiger partial charge >= 0.3 is 0 Å². The molecule has 2 atom stereocenters. The molecule has 106 valence electrons. The van der Waals surface area contributed by atoms with Crippen molar-refractivity contribution in [2.75, 3.05) is 33.4 Å². The van der Waals surface area contributed by atoms with Gasteiger partial charge in [0.05, 0.1) is 24.7 Å². The van der Waals surface area contributed by atoms with E-state index in [1.165, 1.54) is 0 Å². The number of amides is 1. The number of ether oxygens (including phenoxy) is 1. The minimum atomic E-state index is -0.865. The Bertz CT molecular complexity index is 276. The number of aliphatic hydroxyl groups is 1. The maximum absolute atomic E-state index is 12.3. The number of likely N-dealkylation sites (N-methyl/N-ethyl adjacent to an activating group) is 1. The van der Waals surface area contributed by atoms with Gasteiger partial charge in [-0.2, -0.15) is 0 Å². The van der Waals surface area contributed by atoms with Crippen molar-refractivity contribution in [3.05, 3.63) is 0 Å². The minimum Gasteiger partial charge on any atom is -0.389 e. The van der Waals surface area contributed by atoms with Crippen LogP contribution in [-0.4, -0.2) is 60.9 Å². The predicted molar refractivity (Wildman–Crippen MR) is 70.3 cm³/mol. The number of hydrogen-bond acceptors (Lipinski definition) is 4. The summed E-state index contributed by atoms with van der Waals surface area (Å²) >= 11 is 0. The van der Waals surface area contributed by atoms with Crippen LogP contribution in [0.2, 0.25) is 0 Å². The SMILES string of the molecule is CCCNC1COCC1C(=O)N(C)CC(C)(C)O. The molecule has 1 aliphatic heterocycles. The average Bonchev–Trinajstić information content (AvgIpc) is 2.70. The summed E-state index contributed by atoms with van der Waals surface area (Å²) in [5.74, 6) is -0.0906. The standard InChI is InChI=1S/C13H26N2O3/c1-5-6-14-11-8-18-7-10(11)12(16)15(4)9-13(2,3)17/h10-11,14,17H,5-9H2,1-4H3. The van der Waals surface area contributed by atoms with Gasteiger partial charge < -0.3 is 20.1 Å². The fourth-order valence-corrected chi connectivity index (χ4v) is 2.27. The molecular formula is C13H26N2O3. The third-order valence-electron chi connectivity index (χ3n) is 3.05. The molecule has 0 bridgehead atoms. The van der Waals surface area contributed by atoms with Gasteiger partial charge in [0.25, 0.3) is 0 Å². The van der Waals surface area contributed by atoms with Crippen LogP contribution >= 0.6 is 0 Å². The zero-order chi connectivity index (χ0) is 13.8. The maximum Gasteiger partial charge on any atom is 0.229 e. The quantitative estimate of drug-likeness (QED) is 0.716. The topological polar surface area (TPSA) is 61.8 Å². The van der Waals surface area contributed by atoms with Gasteiger partial charge in [-0.15, -0.1) is 0 Å². The molecule has 0 spiro atoms. The first-order valence-electron chi connectivity index (χ1n) is 6.63. The Morgan fingerprint density at radius 1 is 1.50 bits per heavy atom. The van der Waals surface area contributed by atoms with Crippen molar-refractivity contribution in [1.29, 1.82) is 0 Å². The van der Waals surface area contributed by atoms with E-state index in [-0.39, 0.29) is 17.9 Å². The van der Waals surface area contributed by atoms with Crippen LogP contribution in [0.3, 0.4) is 0 Å². The zero-order valence-electron chi connectivity index (χ0n) is 11.9. The van der Waals surface area contributed by atoms with Crippen LogP contribution in [0.5, 0.6) is 0 Å². The Labute approximate surface area is 109 Å². The van der Waals surface area contributed by atoms with Crippen LogP contribution in [0.1, 0.15) is 27.2 Å². The number of carbonyl (C=O) groups is 1. The van der Waals surface area contributed by atoms with Crippen molar-refractivity contribution in [3.63, 3.8) is 0 Å². The normalized spacial score (nSPS) is 24.3. The van der Waals surface area contributed by atoms with Crippen LogP contribution in [0, 0.1) is 5.92 Å². The molecule has 0 aliphatic carbocycles. The fourth-order valence-electron chi connectivity index (χ4n) is 2.27. The van der Waals surface area contributed by atoms with E-state index in [0.29, 0.717) is 19.8 Å². The number of rotatable bonds is 6. The first-order valence-corrected chi connectivity index (χ1v) is 6.63. The van der Waals surface area contributed by atoms with E-state index in [9.17, 15) is 9.90 Å². The lowest BCUT2D eigenvalue weighted by atomic mass is 10.0. The van der Waals surface area contributed by atoms with Crippen molar-refractivity contribution >= 4 is 5.91 Å². The molecule has 18 heavy (non-hydrogen) atoms. The summed E-state index contributed by atoms with van der Waals surface area (Å²) in [6.07, 6.45) is 1.04. The summed E-state index contributed by atoms with van der Waals surface area (Å²) in [6, 6.07) is 0.0988. The molecule has 1 heterocycles. The highest BCUT2D eigenvalue weighted by Gasteiger charge is 2.36. The van der Waals surface area contributed by atoms with Gasteiger partial charge in [-0.3, -0.25) is 4.79 Å². The second-order valence-corrected chi connectivity index (χ2v) is 5.71. The Kier molecular flexibility index (Phi) is 5.56. The van der Waals surface area contributed by atoms with Crippen molar-refractivity contribution in [2.24, 2.45) is 5.92 Å². The molecule has 0 saturated carbocycles. The summed E-state index contributed by atoms with van der Waals surface area (Å²) in [5.41, 5.74) is -0.865. The number of nitrogens with one attached hydrogen (secondary N) is 1. The Morgan fingerprint density at radius 2 is 2.17 bits per heavy atom. The molecular weight excluding hydrogens is 232 g/mol. The van der Waals surface area contributed by atoms with Crippen LogP contribution in [0.4, 0.5) is 0 Å². The molecule has 1 amide bonds. The van der Waals surface area contributed by atoms with Gasteiger partial charge in [0.1, 0.15) is 0 Å². The summed E-state index contributed by atoms with van der Waals surface area (Å²) < 4.78 is 5.40. The molecule has 0 aromatic carbocycles. The minimum absolute atomic E-state index is 0.0447. The van der Waals surface area contributed by atoms with E-state index in [1.54, 1.807) is 25.8 Å². The van der Waals surface area contributed by atoms with E-state index in [0.717, 1.165) is 13.0 Å². The Hall–Kier alpha value is -0.650. The van der Waals surface area contributed by atoms with Crippen LogP contribution < -0.4 is 5.32 Å². The molecule has 5 heteroatoms. The van der Waals surface area contributed by atoms with E-state index >= 15 is 0 Å². The van der Waals surface area contributed by atoms with Gasteiger partial charge in [0, 0.05) is 19.6 Å². The highest BCUT2D eigenvalue weighted by molar-refractivity contribution is 5.79. The second kappa shape index (κ2) is 6.50. The summed E-state index contributed by atoms with van der Waals surface area (Å²) in [7, 11) is 1.73. The number of nitrogens with zero attached hydrogens (tertiary/aromatic N) is 1. The lowest BCUT2D eigenvalue weighted by Gasteiger charge is -2.29. The molecule has 1 saturated heterocycles. The smallest absolute Gasteiger partial charge is 0.229 e. The van der Waals surface area contributed by atoms with Gasteiger partial charge in [0.15, 0.2) is 0 Å². The molecule has 2 unspecified atom stereocenters. The molecule has 5 nitrogen and oxygen atoms in total. The monoisotopic (exact) mass is 258 g/mol. The fraction of sp³-hybridized carbons (Fsp3) is 0.923. The summed E-state index contributed by atoms with van der Waals surface area (Å²) in [5, 5.41) is 13.1. The Balaban J connectivity index is 2.53. The van der Waals surface area contributed by atoms with Gasteiger partial charge in [-0.25, -0.2) is 0 Å². The molecule has 1 rings (SSSR count). The van der Waals surface area contributed by atoms with Crippen LogP contribution in [-0.2, 0) is 9.53 Å². The van der Waals surface area contributed by atoms with Crippen LogP contribution in [0.25, 0.3) is 0 Å². The molecule has 1 fully saturated rings. The van der Waals surface area contributed by atoms with Crippen molar-refractivity contribution in [3.8, 4) is 0 Å². The van der Waals surface area contributed by atoms with Crippen molar-refractivity contribution in [2.45, 2.75) is 38.8 Å². The zero-order valence-corrected chi connectivity index (χ0v) is 11.9. The van der Waals surface area contributed by atoms with Gasteiger partial charge in [-0.05, 0) is 26.8 Å². The van der Waals surface area contributed by atoms with Gasteiger partial charge in [0.2, 0.25) is 5.91 Å². The molecule has 2 N–H and O–H groups in total. The molecule has 0 aromatic heterocycles. The van der Waals surface area contributed by atoms with E-state index in [4.69, 9.17) is 4.74 Å². The number of hydrogen-bond donors (Lipinski definition) is 2. The average molecular weight is 258 g/mol. The first kappa shape index (κ1) is 15.4. The predicted octanol–water partition coefficient (Wildman–Crippen LogP) is 0.230. The molecule has 0 radical (unpaired) electrons.